The molecule has 2 atom stereocenters. The first-order chi connectivity index (χ1) is 8.11. The lowest BCUT2D eigenvalue weighted by molar-refractivity contribution is -0.117. The Morgan fingerprint density at radius 2 is 1.61 bits per heavy atom. The van der Waals surface area contributed by atoms with Crippen molar-refractivity contribution >= 4 is 23.9 Å². The number of nitrogens with two attached hydrogens (primary N) is 1. The predicted molar refractivity (Wildman–Crippen MR) is 73.5 cm³/mol. The molecule has 0 aliphatic heterocycles. The molecule has 0 aromatic carbocycles. The smallest absolute Gasteiger partial charge is 0.133 e. The van der Waals surface area contributed by atoms with Crippen molar-refractivity contribution in [2.24, 2.45) is 22.9 Å². The van der Waals surface area contributed by atoms with Crippen LogP contribution in [0.2, 0.25) is 0 Å². The summed E-state index contributed by atoms with van der Waals surface area (Å²) in [5.41, 5.74) is 0.970. The van der Waals surface area contributed by atoms with Gasteiger partial charge in [0.1, 0.15) is 5.78 Å². The van der Waals surface area contributed by atoms with Gasteiger partial charge < -0.3 is 10.4 Å². The second-order valence-electron chi connectivity index (χ2n) is 4.90. The molecule has 0 aromatic heterocycles. The zero-order chi connectivity index (χ0) is 13.3. The number of carbonyl (C=O) groups excluding carboxylic acids is 1. The lowest BCUT2D eigenvalue weighted by Crippen LogP contribution is -1.89. The van der Waals surface area contributed by atoms with E-state index in [1.807, 2.05) is 0 Å². The average Bonchev–Trinajstić information content (AvgIpc) is 2.91. The maximum Gasteiger partial charge on any atom is 0.133 e. The van der Waals surface area contributed by atoms with Gasteiger partial charge in [-0.15, -0.1) is 12.4 Å². The van der Waals surface area contributed by atoms with Gasteiger partial charge in [0, 0.05) is 12.8 Å². The third-order valence-electron chi connectivity index (χ3n) is 3.14. The molecule has 18 heavy (non-hydrogen) atoms. The van der Waals surface area contributed by atoms with Gasteiger partial charge in [-0.3, -0.25) is 4.79 Å². The van der Waals surface area contributed by atoms with Crippen molar-refractivity contribution in [3.63, 3.8) is 0 Å². The van der Waals surface area contributed by atoms with Crippen molar-refractivity contribution in [3.05, 3.63) is 0 Å². The molecule has 108 valence electrons. The quantitative estimate of drug-likeness (QED) is 0.469. The van der Waals surface area contributed by atoms with Crippen LogP contribution < -0.4 is 5.90 Å². The molecule has 0 amide bonds. The van der Waals surface area contributed by atoms with Crippen LogP contribution in [0.3, 0.4) is 0 Å². The zero-order valence-corrected chi connectivity index (χ0v) is 11.9. The highest BCUT2D eigenvalue weighted by atomic mass is 35.5. The lowest BCUT2D eigenvalue weighted by Gasteiger charge is -1.91. The maximum atomic E-state index is 10.5. The van der Waals surface area contributed by atoms with E-state index < -0.39 is 0 Å². The number of carbonyl (C=O) groups is 1. The predicted octanol–water partition coefficient (Wildman–Crippen LogP) is 2.77. The summed E-state index contributed by atoms with van der Waals surface area (Å²) in [5, 5.41) is 17.9. The molecule has 0 bridgehead atoms. The number of halogens is 1. The summed E-state index contributed by atoms with van der Waals surface area (Å²) in [6.07, 6.45) is 5.98. The fraction of sp³-hybridized carbons (Fsp3) is 0.833. The van der Waals surface area contributed by atoms with Crippen LogP contribution in [-0.2, 0) is 4.79 Å². The number of hydrogen-bond acceptors (Lipinski definition) is 5. The van der Waals surface area contributed by atoms with Gasteiger partial charge in [0.05, 0.1) is 5.71 Å². The molecule has 2 aliphatic rings. The monoisotopic (exact) mass is 280 g/mol. The molecule has 4 N–H and O–H groups in total. The van der Waals surface area contributed by atoms with E-state index in [0.29, 0.717) is 11.7 Å². The van der Waals surface area contributed by atoms with Gasteiger partial charge in [-0.1, -0.05) is 19.0 Å². The van der Waals surface area contributed by atoms with E-state index in [2.05, 4.69) is 24.9 Å². The van der Waals surface area contributed by atoms with Crippen LogP contribution in [0, 0.1) is 11.8 Å². The minimum absolute atomic E-state index is 0. The van der Waals surface area contributed by atoms with E-state index in [4.69, 9.17) is 10.4 Å². The van der Waals surface area contributed by atoms with E-state index >= 15 is 0 Å². The molecule has 2 aliphatic carbocycles. The highest BCUT2D eigenvalue weighted by molar-refractivity contribution is 5.86. The van der Waals surface area contributed by atoms with E-state index in [0.717, 1.165) is 43.7 Å². The summed E-state index contributed by atoms with van der Waals surface area (Å²) in [4.78, 5) is 10.5. The van der Waals surface area contributed by atoms with Crippen LogP contribution in [0.1, 0.15) is 52.4 Å². The lowest BCUT2D eigenvalue weighted by atomic mass is 10.1. The number of nitrogens with zero attached hydrogens (tertiary/aromatic N) is 1. The molecular formula is C12H25ClN2O3. The van der Waals surface area contributed by atoms with Crippen molar-refractivity contribution in [3.8, 4) is 0 Å². The summed E-state index contributed by atoms with van der Waals surface area (Å²) < 4.78 is 0. The van der Waals surface area contributed by atoms with Gasteiger partial charge in [-0.05, 0) is 37.5 Å². The Kier molecular flexibility index (Phi) is 12.5. The third kappa shape index (κ3) is 8.44. The molecule has 5 nitrogen and oxygen atoms in total. The SMILES string of the molecule is CC1CC/C(=N/O)C1.CC1CCC(=O)C1.Cl.NO. The summed E-state index contributed by atoms with van der Waals surface area (Å²) in [5.74, 6) is 5.36. The van der Waals surface area contributed by atoms with Crippen LogP contribution in [0.4, 0.5) is 0 Å². The normalized spacial score (nSPS) is 27.8. The third-order valence-corrected chi connectivity index (χ3v) is 3.14. The molecular weight excluding hydrogens is 256 g/mol. The van der Waals surface area contributed by atoms with Gasteiger partial charge in [0.15, 0.2) is 0 Å². The molecule has 2 unspecified atom stereocenters. The Hall–Kier alpha value is -0.650. The first-order valence-electron chi connectivity index (χ1n) is 6.09. The minimum Gasteiger partial charge on any atom is -0.411 e. The molecule has 0 radical (unpaired) electrons. The molecule has 0 spiro atoms. The van der Waals surface area contributed by atoms with Crippen LogP contribution in [0.5, 0.6) is 0 Å². The highest BCUT2D eigenvalue weighted by Gasteiger charge is 2.16. The zero-order valence-electron chi connectivity index (χ0n) is 11.1. The van der Waals surface area contributed by atoms with Crippen LogP contribution >= 0.6 is 12.4 Å². The second-order valence-corrected chi connectivity index (χ2v) is 4.90. The summed E-state index contributed by atoms with van der Waals surface area (Å²) >= 11 is 0. The number of hydrogen-bond donors (Lipinski definition) is 3. The second kappa shape index (κ2) is 11.4. The first kappa shape index (κ1) is 19.7. The number of rotatable bonds is 0. The van der Waals surface area contributed by atoms with Crippen molar-refractivity contribution in [1.82, 2.24) is 0 Å². The van der Waals surface area contributed by atoms with E-state index in [1.165, 1.54) is 6.42 Å². The van der Waals surface area contributed by atoms with E-state index in [-0.39, 0.29) is 12.4 Å². The Morgan fingerprint density at radius 1 is 1.11 bits per heavy atom. The largest absolute Gasteiger partial charge is 0.411 e. The van der Waals surface area contributed by atoms with Gasteiger partial charge in [-0.2, -0.15) is 0 Å². The van der Waals surface area contributed by atoms with E-state index in [9.17, 15) is 4.79 Å². The molecule has 2 fully saturated rings. The average molecular weight is 281 g/mol. The molecule has 0 aromatic rings. The fourth-order valence-electron chi connectivity index (χ4n) is 2.11. The molecule has 6 heteroatoms. The van der Waals surface area contributed by atoms with Crippen molar-refractivity contribution in [1.29, 1.82) is 0 Å². The van der Waals surface area contributed by atoms with Gasteiger partial charge in [-0.25, -0.2) is 5.90 Å². The van der Waals surface area contributed by atoms with Crippen molar-refractivity contribution < 1.29 is 15.2 Å². The molecule has 2 rings (SSSR count). The van der Waals surface area contributed by atoms with Gasteiger partial charge >= 0.3 is 0 Å². The van der Waals surface area contributed by atoms with Crippen LogP contribution in [0.25, 0.3) is 0 Å². The standard InChI is InChI=1S/C6H11NO.C6H10O.ClH.H3NO/c1-5-2-3-6(4-5)7-8;1-5-2-3-6(7)4-5;;1-2/h5,8H,2-4H2,1H3;5H,2-4H2,1H3;1H;2H,1H2/b7-6-;;;. The molecule has 0 saturated heterocycles. The van der Waals surface area contributed by atoms with Crippen molar-refractivity contribution in [2.75, 3.05) is 0 Å². The Balaban J connectivity index is 0. The Morgan fingerprint density at radius 3 is 1.78 bits per heavy atom. The Labute approximate surface area is 115 Å². The number of Topliss-reactive ketones (excluding diaryl/α,β-unsaturated/α-hetero) is 1. The summed E-state index contributed by atoms with van der Waals surface area (Å²) in [6, 6.07) is 0. The molecule has 2 saturated carbocycles. The summed E-state index contributed by atoms with van der Waals surface area (Å²) in [6.45, 7) is 4.31. The van der Waals surface area contributed by atoms with Gasteiger partial charge in [0.2, 0.25) is 0 Å². The van der Waals surface area contributed by atoms with E-state index in [1.54, 1.807) is 0 Å². The number of ketones is 1. The van der Waals surface area contributed by atoms with Crippen LogP contribution in [0.15, 0.2) is 5.16 Å². The molecule has 0 heterocycles. The first-order valence-corrected chi connectivity index (χ1v) is 6.09. The van der Waals surface area contributed by atoms with Crippen LogP contribution in [-0.4, -0.2) is 21.9 Å². The highest BCUT2D eigenvalue weighted by Crippen LogP contribution is 2.21. The fourth-order valence-corrected chi connectivity index (χ4v) is 2.11. The minimum atomic E-state index is 0. The number of oxime groups is 1. The van der Waals surface area contributed by atoms with Gasteiger partial charge in [0.25, 0.3) is 0 Å². The maximum absolute atomic E-state index is 10.5. The van der Waals surface area contributed by atoms with Crippen molar-refractivity contribution in [2.45, 2.75) is 52.4 Å². The Bertz CT molecular complexity index is 260. The topological polar surface area (TPSA) is 95.9 Å². The summed E-state index contributed by atoms with van der Waals surface area (Å²) in [7, 11) is 0.